The first-order chi connectivity index (χ1) is 17.3. The maximum atomic E-state index is 11.1. The molecule has 2 aromatic carbocycles. The molecular formula is C25H24N4O4S3. The van der Waals surface area contributed by atoms with Crippen LogP contribution in [0.3, 0.4) is 0 Å². The summed E-state index contributed by atoms with van der Waals surface area (Å²) in [6.45, 7) is 0.803. The van der Waals surface area contributed by atoms with Crippen molar-refractivity contribution in [3.8, 4) is 17.0 Å². The van der Waals surface area contributed by atoms with Crippen LogP contribution in [0.15, 0.2) is 59.3 Å². The third kappa shape index (κ3) is 4.71. The van der Waals surface area contributed by atoms with Gasteiger partial charge in [0.1, 0.15) is 11.3 Å². The van der Waals surface area contributed by atoms with Gasteiger partial charge in [-0.2, -0.15) is 8.42 Å². The molecule has 36 heavy (non-hydrogen) atoms. The number of ether oxygens (including phenoxy) is 1. The number of nitrogens with zero attached hydrogens (tertiary/aromatic N) is 3. The Labute approximate surface area is 217 Å². The zero-order valence-corrected chi connectivity index (χ0v) is 21.9. The van der Waals surface area contributed by atoms with Crippen LogP contribution in [0.4, 0.5) is 10.8 Å². The fourth-order valence-electron chi connectivity index (χ4n) is 4.44. The van der Waals surface area contributed by atoms with Crippen LogP contribution in [0.25, 0.3) is 11.3 Å². The smallest absolute Gasteiger partial charge is 0.357 e. The molecule has 8 nitrogen and oxygen atoms in total. The number of thiazole rings is 2. The van der Waals surface area contributed by atoms with Crippen LogP contribution in [-0.4, -0.2) is 36.6 Å². The number of hydrogen-bond donors (Lipinski definition) is 2. The first-order valence-electron chi connectivity index (χ1n) is 11.5. The van der Waals surface area contributed by atoms with Crippen LogP contribution >= 0.6 is 22.7 Å². The zero-order chi connectivity index (χ0) is 24.9. The highest BCUT2D eigenvalue weighted by Crippen LogP contribution is 2.51. The van der Waals surface area contributed by atoms with Gasteiger partial charge in [0.2, 0.25) is 0 Å². The standard InChI is InChI=1S/C25H24N4O4S3/c1-33-20-4-2-3-18(11-20)21-13-35-24(26-21)29-15-25(29,22-14-34-23(27-22)17-7-8-17)12-16-5-9-19(10-6-16)28-36(30,31)32/h2-6,9-11,13-14,17,28H,7-8,12,15H2,1H3,(H,30,31,32). The Morgan fingerprint density at radius 3 is 2.67 bits per heavy atom. The maximum Gasteiger partial charge on any atom is 0.357 e. The van der Waals surface area contributed by atoms with Gasteiger partial charge in [-0.1, -0.05) is 24.3 Å². The Morgan fingerprint density at radius 1 is 1.14 bits per heavy atom. The maximum absolute atomic E-state index is 11.1. The van der Waals surface area contributed by atoms with Crippen molar-refractivity contribution in [2.24, 2.45) is 0 Å². The molecule has 0 spiro atoms. The molecule has 6 rings (SSSR count). The highest BCUT2D eigenvalue weighted by atomic mass is 32.2. The van der Waals surface area contributed by atoms with Gasteiger partial charge in [0.15, 0.2) is 5.13 Å². The molecule has 3 heterocycles. The number of aromatic nitrogens is 2. The van der Waals surface area contributed by atoms with Crippen molar-refractivity contribution in [3.63, 3.8) is 0 Å². The van der Waals surface area contributed by atoms with Crippen LogP contribution < -0.4 is 14.4 Å². The number of nitrogens with one attached hydrogen (secondary N) is 1. The topological polar surface area (TPSA) is 104 Å². The van der Waals surface area contributed by atoms with E-state index in [0.717, 1.165) is 39.9 Å². The summed E-state index contributed by atoms with van der Waals surface area (Å²) in [5.41, 5.74) is 4.04. The molecule has 0 amide bonds. The van der Waals surface area contributed by atoms with Gasteiger partial charge in [0, 0.05) is 28.7 Å². The summed E-state index contributed by atoms with van der Waals surface area (Å²) in [4.78, 5) is 12.3. The molecule has 2 fully saturated rings. The number of methoxy groups -OCH3 is 1. The first kappa shape index (κ1) is 23.4. The lowest BCUT2D eigenvalue weighted by atomic mass is 9.96. The molecule has 4 aromatic rings. The zero-order valence-electron chi connectivity index (χ0n) is 19.4. The summed E-state index contributed by atoms with van der Waals surface area (Å²) >= 11 is 3.35. The molecule has 2 aliphatic rings. The molecule has 2 N–H and O–H groups in total. The van der Waals surface area contributed by atoms with Crippen LogP contribution in [0.2, 0.25) is 0 Å². The quantitative estimate of drug-likeness (QED) is 0.219. The highest BCUT2D eigenvalue weighted by molar-refractivity contribution is 7.87. The fraction of sp³-hybridized carbons (Fsp3) is 0.280. The van der Waals surface area contributed by atoms with Gasteiger partial charge in [0.05, 0.1) is 35.7 Å². The summed E-state index contributed by atoms with van der Waals surface area (Å²) in [5, 5.41) is 6.40. The Bertz CT molecular complexity index is 1510. The number of anilines is 2. The summed E-state index contributed by atoms with van der Waals surface area (Å²) < 4.78 is 38.8. The molecule has 1 saturated carbocycles. The van der Waals surface area contributed by atoms with Gasteiger partial charge < -0.3 is 9.64 Å². The predicted molar refractivity (Wildman–Crippen MR) is 143 cm³/mol. The van der Waals surface area contributed by atoms with E-state index in [1.165, 1.54) is 17.8 Å². The lowest BCUT2D eigenvalue weighted by molar-refractivity contribution is 0.415. The van der Waals surface area contributed by atoms with E-state index in [1.807, 2.05) is 36.4 Å². The lowest BCUT2D eigenvalue weighted by Gasteiger charge is -2.16. The van der Waals surface area contributed by atoms with Gasteiger partial charge in [-0.3, -0.25) is 9.27 Å². The van der Waals surface area contributed by atoms with E-state index >= 15 is 0 Å². The van der Waals surface area contributed by atoms with Crippen LogP contribution in [0.5, 0.6) is 5.75 Å². The predicted octanol–water partition coefficient (Wildman–Crippen LogP) is 5.33. The molecule has 1 saturated heterocycles. The Hall–Kier alpha value is -2.99. The van der Waals surface area contributed by atoms with Crippen LogP contribution in [0, 0.1) is 0 Å². The normalized spacial score (nSPS) is 19.3. The third-order valence-electron chi connectivity index (χ3n) is 6.54. The van der Waals surface area contributed by atoms with E-state index in [9.17, 15) is 8.42 Å². The minimum Gasteiger partial charge on any atom is -0.497 e. The molecule has 11 heteroatoms. The average Bonchev–Trinajstić information content (AvgIpc) is 3.72. The van der Waals surface area contributed by atoms with E-state index in [2.05, 4.69) is 20.4 Å². The molecule has 0 bridgehead atoms. The largest absolute Gasteiger partial charge is 0.497 e. The molecular weight excluding hydrogens is 517 g/mol. The van der Waals surface area contributed by atoms with Crippen molar-refractivity contribution in [2.45, 2.75) is 30.7 Å². The Morgan fingerprint density at radius 2 is 1.94 bits per heavy atom. The van der Waals surface area contributed by atoms with E-state index in [0.29, 0.717) is 18.0 Å². The van der Waals surface area contributed by atoms with Crippen LogP contribution in [0.1, 0.15) is 35.0 Å². The molecule has 1 atom stereocenters. The molecule has 2 aromatic heterocycles. The third-order valence-corrected chi connectivity index (χ3v) is 8.91. The second-order valence-corrected chi connectivity index (χ2v) is 12.0. The van der Waals surface area contributed by atoms with E-state index < -0.39 is 10.3 Å². The second-order valence-electron chi connectivity index (χ2n) is 9.16. The summed E-state index contributed by atoms with van der Waals surface area (Å²) in [6, 6.07) is 15.0. The minimum absolute atomic E-state index is 0.300. The van der Waals surface area contributed by atoms with Crippen molar-refractivity contribution in [2.75, 3.05) is 23.3 Å². The molecule has 1 unspecified atom stereocenters. The monoisotopic (exact) mass is 540 g/mol. The van der Waals surface area contributed by atoms with E-state index in [1.54, 1.807) is 41.9 Å². The molecule has 1 aliphatic carbocycles. The molecule has 0 radical (unpaired) electrons. The summed E-state index contributed by atoms with van der Waals surface area (Å²) in [7, 11) is -2.65. The Kier molecular flexibility index (Phi) is 5.75. The second kappa shape index (κ2) is 8.84. The van der Waals surface area contributed by atoms with Gasteiger partial charge in [-0.15, -0.1) is 22.7 Å². The lowest BCUT2D eigenvalue weighted by Crippen LogP contribution is -2.20. The van der Waals surface area contributed by atoms with E-state index in [4.69, 9.17) is 19.3 Å². The van der Waals surface area contributed by atoms with Gasteiger partial charge >= 0.3 is 10.3 Å². The van der Waals surface area contributed by atoms with Crippen molar-refractivity contribution in [3.05, 3.63) is 75.6 Å². The van der Waals surface area contributed by atoms with Crippen molar-refractivity contribution in [1.29, 1.82) is 0 Å². The number of rotatable bonds is 9. The van der Waals surface area contributed by atoms with Crippen molar-refractivity contribution < 1.29 is 17.7 Å². The molecule has 1 aliphatic heterocycles. The Balaban J connectivity index is 1.29. The minimum atomic E-state index is -4.31. The highest BCUT2D eigenvalue weighted by Gasteiger charge is 2.56. The summed E-state index contributed by atoms with van der Waals surface area (Å²) in [6.07, 6.45) is 3.13. The average molecular weight is 541 g/mol. The SMILES string of the molecule is COc1cccc(-c2csc(N3CC3(Cc3ccc(NS(=O)(=O)O)cc3)c3csc(C4CC4)n3)n2)c1. The summed E-state index contributed by atoms with van der Waals surface area (Å²) in [5.74, 6) is 1.39. The van der Waals surface area contributed by atoms with Crippen LogP contribution in [-0.2, 0) is 22.3 Å². The fourth-order valence-corrected chi connectivity index (χ4v) is 6.88. The molecule has 186 valence electrons. The van der Waals surface area contributed by atoms with Gasteiger partial charge in [0.25, 0.3) is 0 Å². The van der Waals surface area contributed by atoms with Gasteiger partial charge in [-0.25, -0.2) is 9.97 Å². The number of benzene rings is 2. The van der Waals surface area contributed by atoms with Gasteiger partial charge in [-0.05, 0) is 42.7 Å². The van der Waals surface area contributed by atoms with Crippen molar-refractivity contribution in [1.82, 2.24) is 9.97 Å². The van der Waals surface area contributed by atoms with E-state index in [-0.39, 0.29) is 5.54 Å². The number of hydrogen-bond acceptors (Lipinski definition) is 8. The van der Waals surface area contributed by atoms with Crippen molar-refractivity contribution >= 4 is 43.8 Å². The first-order valence-corrected chi connectivity index (χ1v) is 14.7.